The van der Waals surface area contributed by atoms with Crippen LogP contribution in [0.3, 0.4) is 0 Å². The Labute approximate surface area is 169 Å². The third-order valence-electron chi connectivity index (χ3n) is 6.93. The summed E-state index contributed by atoms with van der Waals surface area (Å²) in [6.45, 7) is 6.11. The van der Waals surface area contributed by atoms with Crippen LogP contribution in [-0.2, 0) is 4.74 Å². The zero-order valence-electron chi connectivity index (χ0n) is 17.9. The van der Waals surface area contributed by atoms with E-state index in [0.29, 0.717) is 18.8 Å². The molecule has 0 aromatic carbocycles. The molecule has 2 saturated carbocycles. The second kappa shape index (κ2) is 11.4. The fourth-order valence-corrected chi connectivity index (χ4v) is 5.50. The van der Waals surface area contributed by atoms with Crippen LogP contribution < -0.4 is 0 Å². The summed E-state index contributed by atoms with van der Waals surface area (Å²) in [7, 11) is 0. The number of ether oxygens (including phenoxy) is 1. The van der Waals surface area contributed by atoms with Crippen molar-refractivity contribution in [3.05, 3.63) is 23.8 Å². The van der Waals surface area contributed by atoms with Gasteiger partial charge in [0.2, 0.25) is 0 Å². The lowest BCUT2D eigenvalue weighted by Gasteiger charge is -2.37. The average Bonchev–Trinajstić information content (AvgIpc) is 2.70. The molecule has 3 rings (SSSR count). The molecule has 3 aliphatic carbocycles. The van der Waals surface area contributed by atoms with E-state index in [1.807, 2.05) is 13.8 Å². The lowest BCUT2D eigenvalue weighted by molar-refractivity contribution is -0.345. The van der Waals surface area contributed by atoms with Crippen molar-refractivity contribution in [2.75, 3.05) is 0 Å². The molecule has 4 heteroatoms. The molecule has 162 valence electrons. The number of hydrogen-bond acceptors (Lipinski definition) is 1. The number of halogens is 3. The number of rotatable bonds is 4. The normalized spacial score (nSPS) is 34.5. The van der Waals surface area contributed by atoms with E-state index in [1.54, 1.807) is 0 Å². The highest BCUT2D eigenvalue weighted by Crippen LogP contribution is 2.43. The van der Waals surface area contributed by atoms with Gasteiger partial charge in [0.1, 0.15) is 0 Å². The topological polar surface area (TPSA) is 9.23 Å². The van der Waals surface area contributed by atoms with Gasteiger partial charge in [0.25, 0.3) is 0 Å². The van der Waals surface area contributed by atoms with E-state index < -0.39 is 12.5 Å². The van der Waals surface area contributed by atoms with E-state index in [0.717, 1.165) is 37.0 Å². The van der Waals surface area contributed by atoms with Crippen molar-refractivity contribution < 1.29 is 17.9 Å². The standard InChI is InChI=1S/C22H33F3O.C2H6/c1-2-3-16-4-6-17(7-5-16)18-8-10-19(11-9-18)20-12-14-21(15-13-20)26-22(23,24)25;1-2/h2-3,10,16-18,20-21H,4-9,11-15H2,1H3;1-2H3/b3-2+;. The third kappa shape index (κ3) is 7.24. The molecule has 0 aliphatic heterocycles. The van der Waals surface area contributed by atoms with Gasteiger partial charge >= 0.3 is 6.36 Å². The van der Waals surface area contributed by atoms with E-state index >= 15 is 0 Å². The van der Waals surface area contributed by atoms with Crippen LogP contribution in [0, 0.1) is 23.7 Å². The SMILES string of the molecule is C/C=C/C1CCC(C2CC=C(C3CCC(OC(F)(F)F)CC3)CC2)CC1.CC. The largest absolute Gasteiger partial charge is 0.522 e. The molecule has 0 saturated heterocycles. The smallest absolute Gasteiger partial charge is 0.289 e. The molecule has 0 bridgehead atoms. The molecule has 0 aromatic rings. The van der Waals surface area contributed by atoms with Gasteiger partial charge in [0, 0.05) is 0 Å². The van der Waals surface area contributed by atoms with Crippen molar-refractivity contribution in [1.29, 1.82) is 0 Å². The Balaban J connectivity index is 0.00000136. The Morgan fingerprint density at radius 3 is 2.04 bits per heavy atom. The predicted molar refractivity (Wildman–Crippen MR) is 110 cm³/mol. The summed E-state index contributed by atoms with van der Waals surface area (Å²) in [6.07, 6.45) is 13.7. The van der Waals surface area contributed by atoms with E-state index in [4.69, 9.17) is 0 Å². The van der Waals surface area contributed by atoms with Crippen LogP contribution in [0.5, 0.6) is 0 Å². The number of alkyl halides is 3. The number of hydrogen-bond donors (Lipinski definition) is 0. The molecule has 1 nitrogen and oxygen atoms in total. The molecular formula is C24H39F3O. The minimum Gasteiger partial charge on any atom is -0.289 e. The van der Waals surface area contributed by atoms with E-state index in [9.17, 15) is 13.2 Å². The van der Waals surface area contributed by atoms with Crippen molar-refractivity contribution in [1.82, 2.24) is 0 Å². The molecular weight excluding hydrogens is 361 g/mol. The first-order chi connectivity index (χ1) is 13.4. The van der Waals surface area contributed by atoms with Crippen molar-refractivity contribution in [2.45, 2.75) is 104 Å². The van der Waals surface area contributed by atoms with Crippen LogP contribution in [0.4, 0.5) is 13.2 Å². The van der Waals surface area contributed by atoms with Gasteiger partial charge in [0.15, 0.2) is 0 Å². The van der Waals surface area contributed by atoms with Gasteiger partial charge in [-0.3, -0.25) is 4.74 Å². The van der Waals surface area contributed by atoms with Crippen LogP contribution in [0.15, 0.2) is 23.8 Å². The van der Waals surface area contributed by atoms with E-state index in [2.05, 4.69) is 29.9 Å². The Kier molecular flexibility index (Phi) is 9.59. The first-order valence-corrected chi connectivity index (χ1v) is 11.5. The molecule has 1 unspecified atom stereocenters. The summed E-state index contributed by atoms with van der Waals surface area (Å²) in [5.41, 5.74) is 1.52. The Hall–Kier alpha value is -0.770. The molecule has 28 heavy (non-hydrogen) atoms. The minimum atomic E-state index is -4.49. The molecule has 0 heterocycles. The first-order valence-electron chi connectivity index (χ1n) is 11.5. The average molecular weight is 401 g/mol. The first kappa shape index (κ1) is 23.5. The summed E-state index contributed by atoms with van der Waals surface area (Å²) in [4.78, 5) is 0. The summed E-state index contributed by atoms with van der Waals surface area (Å²) in [6, 6.07) is 0. The van der Waals surface area contributed by atoms with Crippen LogP contribution in [-0.4, -0.2) is 12.5 Å². The van der Waals surface area contributed by atoms with Crippen molar-refractivity contribution in [2.24, 2.45) is 23.7 Å². The van der Waals surface area contributed by atoms with Gasteiger partial charge < -0.3 is 0 Å². The predicted octanol–water partition coefficient (Wildman–Crippen LogP) is 8.22. The van der Waals surface area contributed by atoms with Crippen LogP contribution in [0.1, 0.15) is 91.4 Å². The fourth-order valence-electron chi connectivity index (χ4n) is 5.50. The van der Waals surface area contributed by atoms with E-state index in [-0.39, 0.29) is 0 Å². The van der Waals surface area contributed by atoms with Crippen LogP contribution >= 0.6 is 0 Å². The second-order valence-electron chi connectivity index (χ2n) is 8.55. The Morgan fingerprint density at radius 1 is 0.893 bits per heavy atom. The molecule has 3 aliphatic rings. The fraction of sp³-hybridized carbons (Fsp3) is 0.833. The summed E-state index contributed by atoms with van der Waals surface area (Å²) < 4.78 is 41.2. The maximum absolute atomic E-state index is 12.3. The molecule has 1 atom stereocenters. The maximum atomic E-state index is 12.3. The van der Waals surface area contributed by atoms with Crippen molar-refractivity contribution in [3.63, 3.8) is 0 Å². The molecule has 0 amide bonds. The van der Waals surface area contributed by atoms with Crippen molar-refractivity contribution in [3.8, 4) is 0 Å². The van der Waals surface area contributed by atoms with Gasteiger partial charge in [-0.1, -0.05) is 37.6 Å². The lowest BCUT2D eigenvalue weighted by Crippen LogP contribution is -2.29. The second-order valence-corrected chi connectivity index (χ2v) is 8.55. The summed E-state index contributed by atoms with van der Waals surface area (Å²) >= 11 is 0. The molecule has 0 aromatic heterocycles. The summed E-state index contributed by atoms with van der Waals surface area (Å²) in [5.74, 6) is 3.00. The Bertz CT molecular complexity index is 492. The lowest BCUT2D eigenvalue weighted by atomic mass is 9.69. The van der Waals surface area contributed by atoms with Crippen molar-refractivity contribution >= 4 is 0 Å². The zero-order valence-corrected chi connectivity index (χ0v) is 17.9. The monoisotopic (exact) mass is 400 g/mol. The third-order valence-corrected chi connectivity index (χ3v) is 6.93. The molecule has 2 fully saturated rings. The zero-order chi connectivity index (χ0) is 20.6. The van der Waals surface area contributed by atoms with E-state index in [1.165, 1.54) is 44.1 Å². The van der Waals surface area contributed by atoms with Crippen LogP contribution in [0.2, 0.25) is 0 Å². The maximum Gasteiger partial charge on any atom is 0.522 e. The van der Waals surface area contributed by atoms with Gasteiger partial charge in [-0.25, -0.2) is 0 Å². The minimum absolute atomic E-state index is 0.495. The van der Waals surface area contributed by atoms with Crippen LogP contribution in [0.25, 0.3) is 0 Å². The Morgan fingerprint density at radius 2 is 1.54 bits per heavy atom. The highest BCUT2D eigenvalue weighted by molar-refractivity contribution is 5.12. The highest BCUT2D eigenvalue weighted by Gasteiger charge is 2.36. The quantitative estimate of drug-likeness (QED) is 0.432. The number of allylic oxidation sites excluding steroid dienone is 4. The summed E-state index contributed by atoms with van der Waals surface area (Å²) in [5, 5.41) is 0. The van der Waals surface area contributed by atoms with Gasteiger partial charge in [0.05, 0.1) is 6.10 Å². The molecule has 0 spiro atoms. The van der Waals surface area contributed by atoms with Gasteiger partial charge in [-0.2, -0.15) is 0 Å². The molecule has 0 N–H and O–H groups in total. The van der Waals surface area contributed by atoms with Gasteiger partial charge in [-0.15, -0.1) is 13.2 Å². The molecule has 0 radical (unpaired) electrons. The highest BCUT2D eigenvalue weighted by atomic mass is 19.4. The van der Waals surface area contributed by atoms with Gasteiger partial charge in [-0.05, 0) is 101 Å².